The van der Waals surface area contributed by atoms with Gasteiger partial charge >= 0.3 is 0 Å². The Bertz CT molecular complexity index is 1200. The molecular weight excluding hydrogens is 440 g/mol. The molecule has 5 rings (SSSR count). The molecule has 3 aromatic heterocycles. The number of nitrogens with zero attached hydrogens (tertiary/aromatic N) is 4. The maximum absolute atomic E-state index is 5.83. The summed E-state index contributed by atoms with van der Waals surface area (Å²) in [5.74, 6) is 0. The fraction of sp³-hybridized carbons (Fsp3) is 0.222. The average Bonchev–Trinajstić information content (AvgIpc) is 3.47. The molecule has 0 unspecified atom stereocenters. The molecule has 4 heterocycles. The number of nitrogens with one attached hydrogen (secondary N) is 2. The summed E-state index contributed by atoms with van der Waals surface area (Å²) in [6.45, 7) is 2.43. The Morgan fingerprint density at radius 1 is 0.882 bits per heavy atom. The van der Waals surface area contributed by atoms with Crippen molar-refractivity contribution < 1.29 is 0 Å². The zero-order valence-corrected chi connectivity index (χ0v) is 19.7. The molecule has 0 aliphatic carbocycles. The second-order valence-corrected chi connectivity index (χ2v) is 8.74. The minimum Gasteiger partial charge on any atom is -0.385 e. The maximum atomic E-state index is 5.83. The van der Waals surface area contributed by atoms with Crippen LogP contribution in [0.5, 0.6) is 0 Å². The number of para-hydroxylation sites is 1. The summed E-state index contributed by atoms with van der Waals surface area (Å²) in [6, 6.07) is 26.7. The molecule has 7 heteroatoms. The molecule has 2 N–H and O–H groups in total. The third-order valence-corrected chi connectivity index (χ3v) is 6.46. The van der Waals surface area contributed by atoms with E-state index in [1.54, 1.807) is 0 Å². The number of hydrogen-bond acceptors (Lipinski definition) is 4. The van der Waals surface area contributed by atoms with E-state index >= 15 is 0 Å². The number of thiocarbonyl (C=S) groups is 1. The first-order valence-electron chi connectivity index (χ1n) is 11.6. The number of rotatable bonds is 9. The van der Waals surface area contributed by atoms with Crippen LogP contribution in [0.2, 0.25) is 0 Å². The molecule has 2 atom stereocenters. The summed E-state index contributed by atoms with van der Waals surface area (Å²) in [6.07, 6.45) is 6.77. The van der Waals surface area contributed by atoms with Crippen molar-refractivity contribution >= 4 is 23.0 Å². The summed E-state index contributed by atoms with van der Waals surface area (Å²) in [5.41, 5.74) is 4.35. The Balaban J connectivity index is 1.38. The molecule has 1 fully saturated rings. The van der Waals surface area contributed by atoms with Gasteiger partial charge in [0, 0.05) is 43.1 Å². The summed E-state index contributed by atoms with van der Waals surface area (Å²) in [7, 11) is 0. The van der Waals surface area contributed by atoms with Gasteiger partial charge in [0.2, 0.25) is 0 Å². The molecule has 172 valence electrons. The van der Waals surface area contributed by atoms with Crippen LogP contribution in [0.4, 0.5) is 5.69 Å². The Labute approximate surface area is 205 Å². The predicted molar refractivity (Wildman–Crippen MR) is 139 cm³/mol. The van der Waals surface area contributed by atoms with Gasteiger partial charge in [-0.2, -0.15) is 0 Å². The quantitative estimate of drug-likeness (QED) is 0.272. The lowest BCUT2D eigenvalue weighted by Gasteiger charge is -2.29. The molecule has 1 saturated heterocycles. The Morgan fingerprint density at radius 2 is 1.68 bits per heavy atom. The van der Waals surface area contributed by atoms with E-state index in [-0.39, 0.29) is 12.1 Å². The minimum atomic E-state index is -0.0202. The molecule has 1 aromatic carbocycles. The first kappa shape index (κ1) is 22.1. The number of aromatic nitrogens is 3. The molecule has 4 aromatic rings. The van der Waals surface area contributed by atoms with E-state index in [9.17, 15) is 0 Å². The van der Waals surface area contributed by atoms with Gasteiger partial charge in [-0.3, -0.25) is 9.97 Å². The van der Waals surface area contributed by atoms with Crippen molar-refractivity contribution in [3.8, 4) is 0 Å². The first-order valence-corrected chi connectivity index (χ1v) is 12.0. The van der Waals surface area contributed by atoms with Gasteiger partial charge in [0.25, 0.3) is 0 Å². The lowest BCUT2D eigenvalue weighted by Crippen LogP contribution is -2.32. The van der Waals surface area contributed by atoms with Crippen molar-refractivity contribution in [2.75, 3.05) is 18.4 Å². The highest BCUT2D eigenvalue weighted by Crippen LogP contribution is 2.38. The van der Waals surface area contributed by atoms with Crippen LogP contribution in [-0.2, 0) is 6.54 Å². The van der Waals surface area contributed by atoms with Crippen molar-refractivity contribution in [3.63, 3.8) is 0 Å². The average molecular weight is 469 g/mol. The van der Waals surface area contributed by atoms with Crippen LogP contribution in [0.25, 0.3) is 0 Å². The third-order valence-electron chi connectivity index (χ3n) is 6.10. The highest BCUT2D eigenvalue weighted by atomic mass is 32.1. The van der Waals surface area contributed by atoms with E-state index in [1.807, 2.05) is 54.9 Å². The van der Waals surface area contributed by atoms with E-state index in [0.29, 0.717) is 6.54 Å². The maximum Gasteiger partial charge on any atom is 0.170 e. The molecule has 0 spiro atoms. The molecular formula is C27H28N6S. The van der Waals surface area contributed by atoms with E-state index in [4.69, 9.17) is 12.2 Å². The van der Waals surface area contributed by atoms with Crippen molar-refractivity contribution in [3.05, 3.63) is 115 Å². The van der Waals surface area contributed by atoms with Gasteiger partial charge in [-0.25, -0.2) is 0 Å². The fourth-order valence-corrected chi connectivity index (χ4v) is 4.84. The standard InChI is InChI=1S/C27H28N6S/c34-27-31-25(23-13-5-7-16-30-23)26(33(27)19-9-17-28-21-10-2-1-3-11-21)24-14-8-18-32(24)20-22-12-4-6-15-29-22/h1-8,10-16,18,25-26,28H,9,17,19-20H2,(H,31,34)/t25-,26-/m0/s1. The Morgan fingerprint density at radius 3 is 2.44 bits per heavy atom. The smallest absolute Gasteiger partial charge is 0.170 e. The SMILES string of the molecule is S=C1N[C@@H](c2ccccn2)[C@H](c2cccn2Cc2ccccn2)N1CCCNc1ccccc1. The second kappa shape index (κ2) is 10.5. The number of benzene rings is 1. The van der Waals surface area contributed by atoms with Crippen LogP contribution >= 0.6 is 12.2 Å². The van der Waals surface area contributed by atoms with E-state index in [1.165, 1.54) is 5.69 Å². The van der Waals surface area contributed by atoms with Gasteiger partial charge < -0.3 is 20.1 Å². The van der Waals surface area contributed by atoms with Crippen LogP contribution in [0.3, 0.4) is 0 Å². The van der Waals surface area contributed by atoms with E-state index in [2.05, 4.69) is 72.7 Å². The summed E-state index contributed by atoms with van der Waals surface area (Å²) in [5, 5.41) is 7.83. The number of anilines is 1. The van der Waals surface area contributed by atoms with Crippen molar-refractivity contribution in [1.29, 1.82) is 0 Å². The van der Waals surface area contributed by atoms with Crippen molar-refractivity contribution in [1.82, 2.24) is 24.8 Å². The zero-order valence-electron chi connectivity index (χ0n) is 18.9. The summed E-state index contributed by atoms with van der Waals surface area (Å²) >= 11 is 5.83. The van der Waals surface area contributed by atoms with Crippen LogP contribution in [-0.4, -0.2) is 37.6 Å². The molecule has 1 aliphatic heterocycles. The molecule has 0 bridgehead atoms. The molecule has 34 heavy (non-hydrogen) atoms. The van der Waals surface area contributed by atoms with E-state index < -0.39 is 0 Å². The highest BCUT2D eigenvalue weighted by molar-refractivity contribution is 7.80. The van der Waals surface area contributed by atoms with Gasteiger partial charge in [0.1, 0.15) is 0 Å². The summed E-state index contributed by atoms with van der Waals surface area (Å²) in [4.78, 5) is 11.5. The van der Waals surface area contributed by atoms with Crippen LogP contribution in [0.15, 0.2) is 97.5 Å². The van der Waals surface area contributed by atoms with Crippen LogP contribution < -0.4 is 10.6 Å². The van der Waals surface area contributed by atoms with Crippen LogP contribution in [0.1, 0.15) is 35.6 Å². The minimum absolute atomic E-state index is 0.0202. The third kappa shape index (κ3) is 4.94. The zero-order chi connectivity index (χ0) is 23.2. The number of pyridine rings is 2. The first-order chi connectivity index (χ1) is 16.8. The lowest BCUT2D eigenvalue weighted by molar-refractivity contribution is 0.303. The lowest BCUT2D eigenvalue weighted by atomic mass is 10.0. The normalized spacial score (nSPS) is 17.5. The molecule has 6 nitrogen and oxygen atoms in total. The van der Waals surface area contributed by atoms with Gasteiger partial charge in [0.15, 0.2) is 5.11 Å². The van der Waals surface area contributed by atoms with Gasteiger partial charge in [0.05, 0.1) is 30.0 Å². The Hall–Kier alpha value is -3.71. The highest BCUT2D eigenvalue weighted by Gasteiger charge is 2.40. The van der Waals surface area contributed by atoms with Crippen molar-refractivity contribution in [2.45, 2.75) is 25.0 Å². The molecule has 0 radical (unpaired) electrons. The number of hydrogen-bond donors (Lipinski definition) is 2. The Kier molecular flexibility index (Phi) is 6.81. The second-order valence-electron chi connectivity index (χ2n) is 8.35. The van der Waals surface area contributed by atoms with Crippen LogP contribution in [0, 0.1) is 0 Å². The van der Waals surface area contributed by atoms with Crippen molar-refractivity contribution in [2.24, 2.45) is 0 Å². The topological polar surface area (TPSA) is 58.0 Å². The van der Waals surface area contributed by atoms with E-state index in [0.717, 1.165) is 41.7 Å². The molecule has 1 aliphatic rings. The van der Waals surface area contributed by atoms with Gasteiger partial charge in [-0.15, -0.1) is 0 Å². The molecule has 0 amide bonds. The molecule has 0 saturated carbocycles. The monoisotopic (exact) mass is 468 g/mol. The summed E-state index contributed by atoms with van der Waals surface area (Å²) < 4.78 is 2.27. The van der Waals surface area contributed by atoms with Gasteiger partial charge in [-0.1, -0.05) is 30.3 Å². The largest absolute Gasteiger partial charge is 0.385 e. The predicted octanol–water partition coefficient (Wildman–Crippen LogP) is 4.80. The van der Waals surface area contributed by atoms with Gasteiger partial charge in [-0.05, 0) is 67.2 Å². The fourth-order valence-electron chi connectivity index (χ4n) is 4.51.